The fourth-order valence-electron chi connectivity index (χ4n) is 3.72. The molecule has 7 nitrogen and oxygen atoms in total. The Balaban J connectivity index is 1.82. The van der Waals surface area contributed by atoms with E-state index in [-0.39, 0.29) is 11.3 Å². The van der Waals surface area contributed by atoms with E-state index in [1.165, 1.54) is 24.3 Å². The van der Waals surface area contributed by atoms with Crippen molar-refractivity contribution in [3.63, 3.8) is 0 Å². The number of benzene rings is 2. The first-order valence-corrected chi connectivity index (χ1v) is 9.65. The lowest BCUT2D eigenvalue weighted by molar-refractivity contribution is -0.384. The molecule has 0 saturated carbocycles. The highest BCUT2D eigenvalue weighted by Gasteiger charge is 2.43. The zero-order chi connectivity index (χ0) is 20.7. The lowest BCUT2D eigenvalue weighted by Crippen LogP contribution is -2.34. The largest absolute Gasteiger partial charge is 0.366 e. The van der Waals surface area contributed by atoms with Gasteiger partial charge in [-0.2, -0.15) is 0 Å². The van der Waals surface area contributed by atoms with Crippen molar-refractivity contribution in [3.05, 3.63) is 74.4 Å². The van der Waals surface area contributed by atoms with Crippen LogP contribution in [0.4, 0.5) is 11.4 Å². The van der Waals surface area contributed by atoms with Crippen molar-refractivity contribution in [2.24, 2.45) is 0 Å². The van der Waals surface area contributed by atoms with Gasteiger partial charge in [0.1, 0.15) is 5.70 Å². The Morgan fingerprint density at radius 3 is 2.24 bits per heavy atom. The van der Waals surface area contributed by atoms with Crippen LogP contribution in [-0.2, 0) is 9.59 Å². The molecule has 148 valence electrons. The van der Waals surface area contributed by atoms with E-state index in [2.05, 4.69) is 0 Å². The fraction of sp³-hybridized carbons (Fsp3) is 0.238. The van der Waals surface area contributed by atoms with E-state index in [0.29, 0.717) is 35.1 Å². The van der Waals surface area contributed by atoms with Crippen molar-refractivity contribution < 1.29 is 14.5 Å². The molecule has 1 fully saturated rings. The molecule has 2 amide bonds. The summed E-state index contributed by atoms with van der Waals surface area (Å²) >= 11 is 6.21. The molecule has 0 unspecified atom stereocenters. The third-order valence-corrected chi connectivity index (χ3v) is 5.67. The number of hydrogen-bond donors (Lipinski definition) is 0. The van der Waals surface area contributed by atoms with Crippen molar-refractivity contribution in [3.8, 4) is 0 Å². The molecule has 1 saturated heterocycles. The Kier molecular flexibility index (Phi) is 4.84. The van der Waals surface area contributed by atoms with E-state index in [9.17, 15) is 19.7 Å². The zero-order valence-corrected chi connectivity index (χ0v) is 16.5. The summed E-state index contributed by atoms with van der Waals surface area (Å²) < 4.78 is 0. The maximum atomic E-state index is 13.3. The van der Waals surface area contributed by atoms with Crippen molar-refractivity contribution in [2.45, 2.75) is 19.8 Å². The van der Waals surface area contributed by atoms with Gasteiger partial charge in [0, 0.05) is 30.2 Å². The predicted molar refractivity (Wildman–Crippen MR) is 110 cm³/mol. The van der Waals surface area contributed by atoms with Crippen molar-refractivity contribution in [1.82, 2.24) is 4.90 Å². The van der Waals surface area contributed by atoms with Crippen LogP contribution < -0.4 is 4.90 Å². The second kappa shape index (κ2) is 7.33. The van der Waals surface area contributed by atoms with Crippen LogP contribution in [0, 0.1) is 17.0 Å². The first-order chi connectivity index (χ1) is 13.9. The molecule has 0 aliphatic carbocycles. The SMILES string of the molecule is Cc1ccc(N2C(=O)C(c3ccc([N+](=O)[O-])cc3)=C(N3CCCC3)C2=O)cc1Cl. The van der Waals surface area contributed by atoms with E-state index in [1.54, 1.807) is 18.2 Å². The van der Waals surface area contributed by atoms with Crippen LogP contribution >= 0.6 is 11.6 Å². The molecule has 2 aliphatic heterocycles. The van der Waals surface area contributed by atoms with Crippen LogP contribution in [0.2, 0.25) is 5.02 Å². The lowest BCUT2D eigenvalue weighted by atomic mass is 10.0. The fourth-order valence-corrected chi connectivity index (χ4v) is 3.89. The van der Waals surface area contributed by atoms with Crippen LogP contribution in [0.25, 0.3) is 5.57 Å². The minimum atomic E-state index is -0.498. The number of non-ortho nitro benzene ring substituents is 1. The summed E-state index contributed by atoms with van der Waals surface area (Å²) in [6, 6.07) is 10.8. The van der Waals surface area contributed by atoms with Crippen LogP contribution in [-0.4, -0.2) is 34.7 Å². The average Bonchev–Trinajstić information content (AvgIpc) is 3.30. The monoisotopic (exact) mass is 411 g/mol. The summed E-state index contributed by atoms with van der Waals surface area (Å²) in [5.41, 5.74) is 2.27. The molecule has 2 aliphatic rings. The molecule has 2 heterocycles. The number of rotatable bonds is 4. The Labute approximate surface area is 172 Å². The Hall–Kier alpha value is -3.19. The highest BCUT2D eigenvalue weighted by atomic mass is 35.5. The van der Waals surface area contributed by atoms with Gasteiger partial charge in [0.2, 0.25) is 0 Å². The van der Waals surface area contributed by atoms with Gasteiger partial charge in [-0.1, -0.05) is 17.7 Å². The van der Waals surface area contributed by atoms with Crippen molar-refractivity contribution in [1.29, 1.82) is 0 Å². The van der Waals surface area contributed by atoms with Crippen LogP contribution in [0.5, 0.6) is 0 Å². The third kappa shape index (κ3) is 3.27. The summed E-state index contributed by atoms with van der Waals surface area (Å²) in [5.74, 6) is -0.851. The van der Waals surface area contributed by atoms with Gasteiger partial charge in [-0.3, -0.25) is 19.7 Å². The van der Waals surface area contributed by atoms with Gasteiger partial charge < -0.3 is 4.90 Å². The molecule has 29 heavy (non-hydrogen) atoms. The molecule has 0 N–H and O–H groups in total. The summed E-state index contributed by atoms with van der Waals surface area (Å²) in [6.07, 6.45) is 1.88. The number of carbonyl (C=O) groups excluding carboxylic acids is 2. The first-order valence-electron chi connectivity index (χ1n) is 9.27. The number of aryl methyl sites for hydroxylation is 1. The topological polar surface area (TPSA) is 83.8 Å². The molecule has 0 atom stereocenters. The number of anilines is 1. The van der Waals surface area contributed by atoms with Gasteiger partial charge in [0.05, 0.1) is 16.2 Å². The maximum absolute atomic E-state index is 13.3. The molecular weight excluding hydrogens is 394 g/mol. The standard InChI is InChI=1S/C21H18ClN3O4/c1-13-4-7-16(12-17(13)22)24-20(26)18(14-5-8-15(9-6-14)25(28)29)19(21(24)27)23-10-2-3-11-23/h4-9,12H,2-3,10-11H2,1H3. The summed E-state index contributed by atoms with van der Waals surface area (Å²) in [5, 5.41) is 11.4. The first kappa shape index (κ1) is 19.1. The number of carbonyl (C=O) groups is 2. The van der Waals surface area contributed by atoms with E-state index < -0.39 is 16.7 Å². The van der Waals surface area contributed by atoms with Gasteiger partial charge in [0.25, 0.3) is 17.5 Å². The average molecular weight is 412 g/mol. The zero-order valence-electron chi connectivity index (χ0n) is 15.7. The molecule has 0 aromatic heterocycles. The lowest BCUT2D eigenvalue weighted by Gasteiger charge is -2.20. The van der Waals surface area contributed by atoms with Crippen LogP contribution in [0.15, 0.2) is 48.2 Å². The number of likely N-dealkylation sites (tertiary alicyclic amines) is 1. The van der Waals surface area contributed by atoms with Gasteiger partial charge in [-0.15, -0.1) is 0 Å². The maximum Gasteiger partial charge on any atom is 0.282 e. The van der Waals surface area contributed by atoms with Crippen LogP contribution in [0.3, 0.4) is 0 Å². The highest BCUT2D eigenvalue weighted by Crippen LogP contribution is 2.37. The molecule has 2 aromatic rings. The van der Waals surface area contributed by atoms with Gasteiger partial charge in [-0.05, 0) is 55.2 Å². The number of hydrogen-bond acceptors (Lipinski definition) is 5. The number of nitro groups is 1. The Morgan fingerprint density at radius 1 is 1.00 bits per heavy atom. The minimum Gasteiger partial charge on any atom is -0.366 e. The predicted octanol–water partition coefficient (Wildman–Crippen LogP) is 3.94. The number of imide groups is 1. The summed E-state index contributed by atoms with van der Waals surface area (Å²) in [7, 11) is 0. The quantitative estimate of drug-likeness (QED) is 0.432. The molecule has 8 heteroatoms. The Morgan fingerprint density at radius 2 is 1.66 bits per heavy atom. The highest BCUT2D eigenvalue weighted by molar-refractivity contribution is 6.45. The molecule has 0 spiro atoms. The Bertz CT molecular complexity index is 1060. The van der Waals surface area contributed by atoms with Crippen molar-refractivity contribution in [2.75, 3.05) is 18.0 Å². The van der Waals surface area contributed by atoms with Gasteiger partial charge in [-0.25, -0.2) is 4.90 Å². The second-order valence-corrected chi connectivity index (χ2v) is 7.51. The van der Waals surface area contributed by atoms with Crippen LogP contribution in [0.1, 0.15) is 24.0 Å². The summed E-state index contributed by atoms with van der Waals surface area (Å²) in [6.45, 7) is 3.22. The van der Waals surface area contributed by atoms with E-state index in [0.717, 1.165) is 23.3 Å². The number of nitrogens with zero attached hydrogens (tertiary/aromatic N) is 3. The van der Waals surface area contributed by atoms with Crippen molar-refractivity contribution >= 4 is 40.4 Å². The number of amides is 2. The van der Waals surface area contributed by atoms with E-state index >= 15 is 0 Å². The summed E-state index contributed by atoms with van der Waals surface area (Å²) in [4.78, 5) is 40.2. The normalized spacial score (nSPS) is 16.9. The third-order valence-electron chi connectivity index (χ3n) is 5.26. The minimum absolute atomic E-state index is 0.0731. The molecular formula is C21H18ClN3O4. The molecule has 4 rings (SSSR count). The van der Waals surface area contributed by atoms with Gasteiger partial charge in [0.15, 0.2) is 0 Å². The van der Waals surface area contributed by atoms with Gasteiger partial charge >= 0.3 is 0 Å². The van der Waals surface area contributed by atoms with E-state index in [4.69, 9.17) is 11.6 Å². The number of nitro benzene ring substituents is 1. The van der Waals surface area contributed by atoms with E-state index in [1.807, 2.05) is 11.8 Å². The molecule has 2 aromatic carbocycles. The molecule has 0 radical (unpaired) electrons. The second-order valence-electron chi connectivity index (χ2n) is 7.10. The molecule has 0 bridgehead atoms. The smallest absolute Gasteiger partial charge is 0.282 e. The number of halogens is 1.